The minimum atomic E-state index is -0.255. The van der Waals surface area contributed by atoms with Crippen molar-refractivity contribution in [2.75, 3.05) is 32.7 Å². The van der Waals surface area contributed by atoms with Crippen molar-refractivity contribution in [3.05, 3.63) is 70.8 Å². The number of piperazine rings is 1. The second-order valence-corrected chi connectivity index (χ2v) is 7.02. The number of carbonyl (C=O) groups is 3. The fourth-order valence-electron chi connectivity index (χ4n) is 3.17. The van der Waals surface area contributed by atoms with Crippen molar-refractivity contribution >= 4 is 17.7 Å². The van der Waals surface area contributed by atoms with Crippen molar-refractivity contribution in [3.63, 3.8) is 0 Å². The van der Waals surface area contributed by atoms with Gasteiger partial charge in [0.15, 0.2) is 0 Å². The number of hydrogen-bond donors (Lipinski definition) is 1. The smallest absolute Gasteiger partial charge is 0.253 e. The highest BCUT2D eigenvalue weighted by molar-refractivity contribution is 5.97. The molecule has 0 unspecified atom stereocenters. The zero-order valence-electron chi connectivity index (χ0n) is 16.3. The summed E-state index contributed by atoms with van der Waals surface area (Å²) in [6.45, 7) is 5.82. The van der Waals surface area contributed by atoms with Crippen molar-refractivity contribution in [2.45, 2.75) is 13.8 Å². The summed E-state index contributed by atoms with van der Waals surface area (Å²) in [7, 11) is 0. The van der Waals surface area contributed by atoms with Gasteiger partial charge in [0.1, 0.15) is 0 Å². The topological polar surface area (TPSA) is 69.7 Å². The highest BCUT2D eigenvalue weighted by Gasteiger charge is 2.24. The van der Waals surface area contributed by atoms with E-state index in [1.54, 1.807) is 28.0 Å². The Morgan fingerprint density at radius 2 is 1.46 bits per heavy atom. The molecule has 1 fully saturated rings. The van der Waals surface area contributed by atoms with Gasteiger partial charge in [-0.2, -0.15) is 0 Å². The Morgan fingerprint density at radius 1 is 0.821 bits per heavy atom. The molecule has 1 saturated heterocycles. The standard InChI is InChI=1S/C22H25N3O3/c1-16-8-9-19(14-17(16)2)21(27)23-15-20(26)24-10-12-25(13-11-24)22(28)18-6-4-3-5-7-18/h3-9,14H,10-13,15H2,1-2H3,(H,23,27). The Labute approximate surface area is 165 Å². The zero-order valence-corrected chi connectivity index (χ0v) is 16.3. The molecule has 1 aliphatic rings. The second-order valence-electron chi connectivity index (χ2n) is 7.02. The fourth-order valence-corrected chi connectivity index (χ4v) is 3.17. The molecule has 1 heterocycles. The number of benzene rings is 2. The lowest BCUT2D eigenvalue weighted by atomic mass is 10.1. The maximum atomic E-state index is 12.5. The lowest BCUT2D eigenvalue weighted by molar-refractivity contribution is -0.131. The molecule has 0 saturated carbocycles. The lowest BCUT2D eigenvalue weighted by Gasteiger charge is -2.34. The summed E-state index contributed by atoms with van der Waals surface area (Å²) in [6, 6.07) is 14.6. The van der Waals surface area contributed by atoms with Gasteiger partial charge in [-0.25, -0.2) is 0 Å². The highest BCUT2D eigenvalue weighted by atomic mass is 16.2. The van der Waals surface area contributed by atoms with E-state index in [4.69, 9.17) is 0 Å². The van der Waals surface area contributed by atoms with E-state index in [0.29, 0.717) is 37.3 Å². The molecule has 0 atom stereocenters. The summed E-state index contributed by atoms with van der Waals surface area (Å²) >= 11 is 0. The van der Waals surface area contributed by atoms with Crippen LogP contribution in [0, 0.1) is 13.8 Å². The third-order valence-corrected chi connectivity index (χ3v) is 5.11. The summed E-state index contributed by atoms with van der Waals surface area (Å²) in [5.74, 6) is -0.408. The van der Waals surface area contributed by atoms with Crippen LogP contribution in [-0.4, -0.2) is 60.2 Å². The van der Waals surface area contributed by atoms with Crippen LogP contribution in [0.3, 0.4) is 0 Å². The first-order chi connectivity index (χ1) is 13.5. The van der Waals surface area contributed by atoms with E-state index < -0.39 is 0 Å². The Morgan fingerprint density at radius 3 is 2.11 bits per heavy atom. The van der Waals surface area contributed by atoms with Crippen molar-refractivity contribution in [3.8, 4) is 0 Å². The minimum Gasteiger partial charge on any atom is -0.343 e. The van der Waals surface area contributed by atoms with Crippen LogP contribution < -0.4 is 5.32 Å². The quantitative estimate of drug-likeness (QED) is 0.884. The number of hydrogen-bond acceptors (Lipinski definition) is 3. The summed E-state index contributed by atoms with van der Waals surface area (Å²) in [4.78, 5) is 40.6. The van der Waals surface area contributed by atoms with Gasteiger partial charge in [0, 0.05) is 37.3 Å². The first kappa shape index (κ1) is 19.6. The molecule has 28 heavy (non-hydrogen) atoms. The van der Waals surface area contributed by atoms with Crippen LogP contribution >= 0.6 is 0 Å². The lowest BCUT2D eigenvalue weighted by Crippen LogP contribution is -2.52. The van der Waals surface area contributed by atoms with Crippen LogP contribution in [0.25, 0.3) is 0 Å². The third-order valence-electron chi connectivity index (χ3n) is 5.11. The van der Waals surface area contributed by atoms with E-state index in [2.05, 4.69) is 5.32 Å². The summed E-state index contributed by atoms with van der Waals surface area (Å²) in [5.41, 5.74) is 3.37. The van der Waals surface area contributed by atoms with Crippen LogP contribution in [0.4, 0.5) is 0 Å². The molecule has 3 amide bonds. The molecule has 146 valence electrons. The Kier molecular flexibility index (Phi) is 6.09. The van der Waals surface area contributed by atoms with Crippen molar-refractivity contribution < 1.29 is 14.4 Å². The predicted molar refractivity (Wildman–Crippen MR) is 107 cm³/mol. The molecule has 2 aromatic rings. The summed E-state index contributed by atoms with van der Waals surface area (Å²) < 4.78 is 0. The third kappa shape index (κ3) is 4.57. The Balaban J connectivity index is 1.48. The van der Waals surface area contributed by atoms with Crippen LogP contribution in [0.1, 0.15) is 31.8 Å². The molecule has 0 aliphatic carbocycles. The van der Waals surface area contributed by atoms with E-state index in [-0.39, 0.29) is 24.3 Å². The van der Waals surface area contributed by atoms with Crippen molar-refractivity contribution in [1.82, 2.24) is 15.1 Å². The van der Waals surface area contributed by atoms with Gasteiger partial charge in [-0.15, -0.1) is 0 Å². The molecule has 1 N–H and O–H groups in total. The number of aryl methyl sites for hydroxylation is 2. The fraction of sp³-hybridized carbons (Fsp3) is 0.318. The molecule has 2 aromatic carbocycles. The van der Waals surface area contributed by atoms with Gasteiger partial charge in [0.05, 0.1) is 6.54 Å². The molecule has 0 radical (unpaired) electrons. The Hall–Kier alpha value is -3.15. The zero-order chi connectivity index (χ0) is 20.1. The molecular formula is C22H25N3O3. The Bertz CT molecular complexity index is 872. The molecule has 1 aliphatic heterocycles. The average Bonchev–Trinajstić information content (AvgIpc) is 2.74. The van der Waals surface area contributed by atoms with Crippen LogP contribution in [0.5, 0.6) is 0 Å². The summed E-state index contributed by atoms with van der Waals surface area (Å²) in [5, 5.41) is 2.69. The molecular weight excluding hydrogens is 354 g/mol. The maximum Gasteiger partial charge on any atom is 0.253 e. The number of rotatable bonds is 4. The summed E-state index contributed by atoms with van der Waals surface area (Å²) in [6.07, 6.45) is 0. The minimum absolute atomic E-state index is 0.0178. The van der Waals surface area contributed by atoms with Gasteiger partial charge in [0.2, 0.25) is 5.91 Å². The van der Waals surface area contributed by atoms with Crippen molar-refractivity contribution in [1.29, 1.82) is 0 Å². The number of nitrogens with zero attached hydrogens (tertiary/aromatic N) is 2. The maximum absolute atomic E-state index is 12.5. The molecule has 0 aromatic heterocycles. The number of carbonyl (C=O) groups excluding carboxylic acids is 3. The average molecular weight is 379 g/mol. The van der Waals surface area contributed by atoms with Crippen LogP contribution in [0.2, 0.25) is 0 Å². The molecule has 6 heteroatoms. The largest absolute Gasteiger partial charge is 0.343 e. The SMILES string of the molecule is Cc1ccc(C(=O)NCC(=O)N2CCN(C(=O)c3ccccc3)CC2)cc1C. The number of nitrogens with one attached hydrogen (secondary N) is 1. The first-order valence-electron chi connectivity index (χ1n) is 9.43. The van der Waals surface area contributed by atoms with E-state index in [1.165, 1.54) is 0 Å². The molecule has 0 spiro atoms. The van der Waals surface area contributed by atoms with Crippen LogP contribution in [0.15, 0.2) is 48.5 Å². The normalized spacial score (nSPS) is 13.9. The van der Waals surface area contributed by atoms with Gasteiger partial charge in [0.25, 0.3) is 11.8 Å². The predicted octanol–water partition coefficient (Wildman–Crippen LogP) is 2.02. The van der Waals surface area contributed by atoms with E-state index >= 15 is 0 Å². The molecule has 6 nitrogen and oxygen atoms in total. The van der Waals surface area contributed by atoms with E-state index in [0.717, 1.165) is 11.1 Å². The molecule has 0 bridgehead atoms. The van der Waals surface area contributed by atoms with Crippen molar-refractivity contribution in [2.24, 2.45) is 0 Å². The monoisotopic (exact) mass is 379 g/mol. The second kappa shape index (κ2) is 8.69. The highest BCUT2D eigenvalue weighted by Crippen LogP contribution is 2.10. The van der Waals surface area contributed by atoms with Gasteiger partial charge in [-0.3, -0.25) is 14.4 Å². The first-order valence-corrected chi connectivity index (χ1v) is 9.43. The van der Waals surface area contributed by atoms with Gasteiger partial charge < -0.3 is 15.1 Å². The number of amides is 3. The van der Waals surface area contributed by atoms with E-state index in [9.17, 15) is 14.4 Å². The van der Waals surface area contributed by atoms with Gasteiger partial charge >= 0.3 is 0 Å². The van der Waals surface area contributed by atoms with E-state index in [1.807, 2.05) is 44.2 Å². The van der Waals surface area contributed by atoms with Crippen LogP contribution in [-0.2, 0) is 4.79 Å². The van der Waals surface area contributed by atoms with Gasteiger partial charge in [-0.1, -0.05) is 24.3 Å². The van der Waals surface area contributed by atoms with Gasteiger partial charge in [-0.05, 0) is 49.2 Å². The molecule has 3 rings (SSSR count).